The van der Waals surface area contributed by atoms with Crippen LogP contribution in [0.4, 0.5) is 0 Å². The number of hydrogen-bond acceptors (Lipinski definition) is 5. The van der Waals surface area contributed by atoms with Crippen LogP contribution in [0.5, 0.6) is 11.5 Å². The zero-order valence-electron chi connectivity index (χ0n) is 14.7. The first-order valence-electron chi connectivity index (χ1n) is 8.17. The van der Waals surface area contributed by atoms with E-state index in [4.69, 9.17) is 9.47 Å². The summed E-state index contributed by atoms with van der Waals surface area (Å²) in [5.41, 5.74) is 2.18. The first kappa shape index (κ1) is 21.2. The van der Waals surface area contributed by atoms with Crippen LogP contribution in [-0.2, 0) is 13.0 Å². The van der Waals surface area contributed by atoms with Crippen molar-refractivity contribution in [2.45, 2.75) is 26.8 Å². The van der Waals surface area contributed by atoms with E-state index >= 15 is 0 Å². The van der Waals surface area contributed by atoms with Gasteiger partial charge in [-0.25, -0.2) is 9.98 Å². The third-order valence-corrected chi connectivity index (χ3v) is 5.00. The van der Waals surface area contributed by atoms with Gasteiger partial charge in [-0.1, -0.05) is 0 Å². The molecule has 2 heterocycles. The molecule has 0 spiro atoms. The number of halogens is 2. The molecule has 1 aromatic heterocycles. The molecular formula is C17H22BrIN4O2S. The van der Waals surface area contributed by atoms with E-state index in [1.807, 2.05) is 19.1 Å². The standard InChI is InChI=1S/C17H21BrN4O2S.HI/c1-3-19-17(20-5-4-13-9-25-11(2)22-13)21-8-12-6-14(18)16-15(7-12)23-10-24-16;/h6-7,9H,3-5,8,10H2,1-2H3,(H2,19,20,21);1H. The van der Waals surface area contributed by atoms with Crippen molar-refractivity contribution in [3.05, 3.63) is 38.3 Å². The summed E-state index contributed by atoms with van der Waals surface area (Å²) < 4.78 is 11.8. The number of nitrogens with zero attached hydrogens (tertiary/aromatic N) is 2. The summed E-state index contributed by atoms with van der Waals surface area (Å²) in [5.74, 6) is 2.32. The Labute approximate surface area is 182 Å². The van der Waals surface area contributed by atoms with Crippen LogP contribution in [-0.4, -0.2) is 30.8 Å². The summed E-state index contributed by atoms with van der Waals surface area (Å²) in [6.07, 6.45) is 0.879. The van der Waals surface area contributed by atoms with E-state index in [1.54, 1.807) is 11.3 Å². The van der Waals surface area contributed by atoms with Crippen LogP contribution in [0.2, 0.25) is 0 Å². The van der Waals surface area contributed by atoms with Crippen LogP contribution in [0.3, 0.4) is 0 Å². The fraction of sp³-hybridized carbons (Fsp3) is 0.412. The van der Waals surface area contributed by atoms with Crippen molar-refractivity contribution in [2.24, 2.45) is 4.99 Å². The van der Waals surface area contributed by atoms with Crippen molar-refractivity contribution < 1.29 is 9.47 Å². The average molecular weight is 553 g/mol. The van der Waals surface area contributed by atoms with E-state index in [0.29, 0.717) is 6.54 Å². The third-order valence-electron chi connectivity index (χ3n) is 3.59. The number of thiazole rings is 1. The molecule has 3 rings (SSSR count). The molecule has 0 radical (unpaired) electrons. The smallest absolute Gasteiger partial charge is 0.231 e. The molecule has 6 nitrogen and oxygen atoms in total. The number of aryl methyl sites for hydroxylation is 1. The van der Waals surface area contributed by atoms with Gasteiger partial charge >= 0.3 is 0 Å². The molecule has 0 unspecified atom stereocenters. The third kappa shape index (κ3) is 5.71. The van der Waals surface area contributed by atoms with Gasteiger partial charge < -0.3 is 20.1 Å². The molecule has 0 amide bonds. The number of ether oxygens (including phenoxy) is 2. The van der Waals surface area contributed by atoms with Gasteiger partial charge in [0.15, 0.2) is 17.5 Å². The molecule has 0 saturated heterocycles. The minimum absolute atomic E-state index is 0. The highest BCUT2D eigenvalue weighted by atomic mass is 127. The van der Waals surface area contributed by atoms with Gasteiger partial charge in [0, 0.05) is 24.9 Å². The van der Waals surface area contributed by atoms with Gasteiger partial charge in [0.05, 0.1) is 21.7 Å². The summed E-state index contributed by atoms with van der Waals surface area (Å²) in [5, 5.41) is 9.82. The summed E-state index contributed by atoms with van der Waals surface area (Å²) in [7, 11) is 0. The number of hydrogen-bond donors (Lipinski definition) is 2. The lowest BCUT2D eigenvalue weighted by molar-refractivity contribution is 0.173. The zero-order chi connectivity index (χ0) is 17.6. The average Bonchev–Trinajstić information content (AvgIpc) is 3.22. The largest absolute Gasteiger partial charge is 0.454 e. The second-order valence-corrected chi connectivity index (χ2v) is 7.46. The maximum atomic E-state index is 5.45. The molecule has 1 aliphatic heterocycles. The number of guanidine groups is 1. The Hall–Kier alpha value is -1.07. The van der Waals surface area contributed by atoms with Crippen LogP contribution < -0.4 is 20.1 Å². The van der Waals surface area contributed by atoms with Crippen molar-refractivity contribution in [3.63, 3.8) is 0 Å². The maximum absolute atomic E-state index is 5.45. The second kappa shape index (κ2) is 10.3. The molecule has 26 heavy (non-hydrogen) atoms. The van der Waals surface area contributed by atoms with Crippen molar-refractivity contribution in [1.29, 1.82) is 0 Å². The maximum Gasteiger partial charge on any atom is 0.231 e. The predicted molar refractivity (Wildman–Crippen MR) is 119 cm³/mol. The highest BCUT2D eigenvalue weighted by Crippen LogP contribution is 2.40. The Morgan fingerprint density at radius 1 is 1.35 bits per heavy atom. The number of aliphatic imine (C=N–C) groups is 1. The fourth-order valence-corrected chi connectivity index (χ4v) is 3.71. The minimum atomic E-state index is 0. The molecule has 0 bridgehead atoms. The van der Waals surface area contributed by atoms with E-state index < -0.39 is 0 Å². The van der Waals surface area contributed by atoms with Crippen LogP contribution >= 0.6 is 51.2 Å². The van der Waals surface area contributed by atoms with Gasteiger partial charge in [-0.2, -0.15) is 0 Å². The number of benzene rings is 1. The van der Waals surface area contributed by atoms with Gasteiger partial charge in [-0.05, 0) is 47.5 Å². The first-order chi connectivity index (χ1) is 12.2. The molecule has 1 aliphatic rings. The number of aromatic nitrogens is 1. The highest BCUT2D eigenvalue weighted by molar-refractivity contribution is 14.0. The van der Waals surface area contributed by atoms with Gasteiger partial charge in [-0.15, -0.1) is 35.3 Å². The van der Waals surface area contributed by atoms with Gasteiger partial charge in [0.1, 0.15) is 0 Å². The molecule has 9 heteroatoms. The minimum Gasteiger partial charge on any atom is -0.454 e. The Morgan fingerprint density at radius 3 is 2.92 bits per heavy atom. The number of fused-ring (bicyclic) bond motifs is 1. The summed E-state index contributed by atoms with van der Waals surface area (Å²) in [4.78, 5) is 9.12. The lowest BCUT2D eigenvalue weighted by atomic mass is 10.2. The van der Waals surface area contributed by atoms with Crippen LogP contribution in [0.15, 0.2) is 27.0 Å². The van der Waals surface area contributed by atoms with Crippen LogP contribution in [0, 0.1) is 6.92 Å². The lowest BCUT2D eigenvalue weighted by Crippen LogP contribution is -2.38. The number of rotatable bonds is 6. The van der Waals surface area contributed by atoms with Gasteiger partial charge in [-0.3, -0.25) is 0 Å². The molecule has 0 atom stereocenters. The van der Waals surface area contributed by atoms with E-state index in [0.717, 1.165) is 57.7 Å². The molecule has 0 aliphatic carbocycles. The van der Waals surface area contributed by atoms with Crippen molar-refractivity contribution in [2.75, 3.05) is 19.9 Å². The van der Waals surface area contributed by atoms with Crippen LogP contribution in [0.1, 0.15) is 23.2 Å². The van der Waals surface area contributed by atoms with E-state index in [1.165, 1.54) is 0 Å². The molecule has 0 saturated carbocycles. The van der Waals surface area contributed by atoms with Gasteiger partial charge in [0.25, 0.3) is 0 Å². The SMILES string of the molecule is CCNC(=NCc1cc(Br)c2c(c1)OCO2)NCCc1csc(C)n1.I. The zero-order valence-corrected chi connectivity index (χ0v) is 19.4. The Bertz CT molecular complexity index is 769. The Kier molecular flexibility index (Phi) is 8.42. The summed E-state index contributed by atoms with van der Waals surface area (Å²) in [6, 6.07) is 3.98. The topological polar surface area (TPSA) is 67.8 Å². The first-order valence-corrected chi connectivity index (χ1v) is 9.84. The molecular weight excluding hydrogens is 531 g/mol. The van der Waals surface area contributed by atoms with Crippen molar-refractivity contribution in [3.8, 4) is 11.5 Å². The van der Waals surface area contributed by atoms with Crippen molar-refractivity contribution >= 4 is 57.2 Å². The van der Waals surface area contributed by atoms with E-state index in [9.17, 15) is 0 Å². The lowest BCUT2D eigenvalue weighted by Gasteiger charge is -2.11. The van der Waals surface area contributed by atoms with Gasteiger partial charge in [0.2, 0.25) is 6.79 Å². The Balaban J connectivity index is 0.00000243. The number of nitrogens with one attached hydrogen (secondary N) is 2. The van der Waals surface area contributed by atoms with Crippen LogP contribution in [0.25, 0.3) is 0 Å². The predicted octanol–water partition coefficient (Wildman–Crippen LogP) is 3.86. The molecule has 142 valence electrons. The quantitative estimate of drug-likeness (QED) is 0.323. The monoisotopic (exact) mass is 552 g/mol. The molecule has 0 fully saturated rings. The molecule has 2 aromatic rings. The normalized spacial score (nSPS) is 12.7. The second-order valence-electron chi connectivity index (χ2n) is 5.54. The fourth-order valence-electron chi connectivity index (χ4n) is 2.46. The van der Waals surface area contributed by atoms with Crippen molar-refractivity contribution in [1.82, 2.24) is 15.6 Å². The summed E-state index contributed by atoms with van der Waals surface area (Å²) in [6.45, 7) is 6.50. The molecule has 1 aromatic carbocycles. The highest BCUT2D eigenvalue weighted by Gasteiger charge is 2.17. The van der Waals surface area contributed by atoms with E-state index in [-0.39, 0.29) is 30.8 Å². The Morgan fingerprint density at radius 2 is 2.19 bits per heavy atom. The summed E-state index contributed by atoms with van der Waals surface area (Å²) >= 11 is 5.20. The molecule has 2 N–H and O–H groups in total. The van der Waals surface area contributed by atoms with E-state index in [2.05, 4.69) is 48.8 Å².